The zero-order valence-electron chi connectivity index (χ0n) is 16.6. The molecule has 1 N–H and O–H groups in total. The number of hydrogen-bond donors (Lipinski definition) is 1. The van der Waals surface area contributed by atoms with Crippen LogP contribution in [0.5, 0.6) is 0 Å². The fourth-order valence-corrected chi connectivity index (χ4v) is 4.28. The van der Waals surface area contributed by atoms with Crippen molar-refractivity contribution in [3.63, 3.8) is 0 Å². The summed E-state index contributed by atoms with van der Waals surface area (Å²) >= 11 is 0. The molecule has 3 aromatic rings. The van der Waals surface area contributed by atoms with Gasteiger partial charge in [0.15, 0.2) is 5.82 Å². The second kappa shape index (κ2) is 7.14. The number of aryl methyl sites for hydroxylation is 1. The van der Waals surface area contributed by atoms with Crippen molar-refractivity contribution in [3.05, 3.63) is 71.0 Å². The van der Waals surface area contributed by atoms with Gasteiger partial charge in [0.25, 0.3) is 5.91 Å². The van der Waals surface area contributed by atoms with E-state index >= 15 is 0 Å². The van der Waals surface area contributed by atoms with Crippen molar-refractivity contribution >= 4 is 11.9 Å². The molecule has 1 saturated heterocycles. The SMILES string of the molecule is O=C1NC2(CCc3ccccc3C2)C(=O)N1Cc1nnnn1-c1ccc(C(F)(F)F)cc1. The Labute approximate surface area is 180 Å². The minimum Gasteiger partial charge on any atom is -0.323 e. The van der Waals surface area contributed by atoms with Crippen LogP contribution in [0.2, 0.25) is 0 Å². The maximum atomic E-state index is 13.3. The summed E-state index contributed by atoms with van der Waals surface area (Å²) in [5.41, 5.74) is 0.641. The highest BCUT2D eigenvalue weighted by Gasteiger charge is 2.52. The molecule has 3 amide bonds. The van der Waals surface area contributed by atoms with Crippen molar-refractivity contribution in [2.45, 2.75) is 37.5 Å². The highest BCUT2D eigenvalue weighted by molar-refractivity contribution is 6.07. The lowest BCUT2D eigenvalue weighted by molar-refractivity contribution is -0.137. The Balaban J connectivity index is 1.39. The van der Waals surface area contributed by atoms with E-state index in [4.69, 9.17) is 0 Å². The van der Waals surface area contributed by atoms with Gasteiger partial charge in [-0.1, -0.05) is 24.3 Å². The number of urea groups is 1. The summed E-state index contributed by atoms with van der Waals surface area (Å²) in [5, 5.41) is 14.1. The van der Waals surface area contributed by atoms with Crippen LogP contribution in [0.4, 0.5) is 18.0 Å². The van der Waals surface area contributed by atoms with E-state index in [0.29, 0.717) is 19.3 Å². The quantitative estimate of drug-likeness (QED) is 0.630. The molecule has 2 aromatic carbocycles. The first-order chi connectivity index (χ1) is 15.3. The lowest BCUT2D eigenvalue weighted by atomic mass is 9.78. The number of benzene rings is 2. The minimum absolute atomic E-state index is 0.154. The molecule has 8 nitrogen and oxygen atoms in total. The lowest BCUT2D eigenvalue weighted by Crippen LogP contribution is -2.51. The Morgan fingerprint density at radius 1 is 1.03 bits per heavy atom. The van der Waals surface area contributed by atoms with Crippen LogP contribution < -0.4 is 5.32 Å². The Bertz CT molecular complexity index is 1210. The predicted molar refractivity (Wildman–Crippen MR) is 104 cm³/mol. The third kappa shape index (κ3) is 3.29. The molecule has 1 unspecified atom stereocenters. The van der Waals surface area contributed by atoms with Crippen LogP contribution in [0.1, 0.15) is 28.9 Å². The molecule has 5 rings (SSSR count). The fourth-order valence-electron chi connectivity index (χ4n) is 4.28. The van der Waals surface area contributed by atoms with Gasteiger partial charge >= 0.3 is 12.2 Å². The smallest absolute Gasteiger partial charge is 0.323 e. The molecule has 1 fully saturated rings. The van der Waals surface area contributed by atoms with Gasteiger partial charge in [-0.05, 0) is 58.7 Å². The number of rotatable bonds is 3. The van der Waals surface area contributed by atoms with Crippen LogP contribution in [0.3, 0.4) is 0 Å². The number of alkyl halides is 3. The highest BCUT2D eigenvalue weighted by atomic mass is 19.4. The zero-order valence-corrected chi connectivity index (χ0v) is 16.6. The number of aromatic nitrogens is 4. The van der Waals surface area contributed by atoms with Crippen molar-refractivity contribution in [1.29, 1.82) is 0 Å². The number of carbonyl (C=O) groups is 2. The first-order valence-corrected chi connectivity index (χ1v) is 9.93. The molecule has 2 aliphatic rings. The number of fused-ring (bicyclic) bond motifs is 1. The highest BCUT2D eigenvalue weighted by Crippen LogP contribution is 2.34. The second-order valence-electron chi connectivity index (χ2n) is 7.90. The maximum Gasteiger partial charge on any atom is 0.416 e. The summed E-state index contributed by atoms with van der Waals surface area (Å²) in [6.07, 6.45) is -2.92. The first-order valence-electron chi connectivity index (χ1n) is 9.93. The molecular formula is C21H17F3N6O2. The summed E-state index contributed by atoms with van der Waals surface area (Å²) in [7, 11) is 0. The summed E-state index contributed by atoms with van der Waals surface area (Å²) in [5.74, 6) is -0.208. The van der Waals surface area contributed by atoms with Crippen LogP contribution in [0.25, 0.3) is 5.69 Å². The van der Waals surface area contributed by atoms with Crippen molar-refractivity contribution < 1.29 is 22.8 Å². The van der Waals surface area contributed by atoms with Gasteiger partial charge in [-0.2, -0.15) is 17.9 Å². The van der Waals surface area contributed by atoms with Crippen molar-refractivity contribution in [2.24, 2.45) is 0 Å². The van der Waals surface area contributed by atoms with Gasteiger partial charge in [0.1, 0.15) is 5.54 Å². The monoisotopic (exact) mass is 442 g/mol. The van der Waals surface area contributed by atoms with Gasteiger partial charge in [-0.15, -0.1) is 5.10 Å². The molecule has 0 saturated carbocycles. The van der Waals surface area contributed by atoms with Crippen molar-refractivity contribution in [1.82, 2.24) is 30.4 Å². The molecule has 1 atom stereocenters. The van der Waals surface area contributed by atoms with E-state index in [1.165, 1.54) is 16.8 Å². The van der Waals surface area contributed by atoms with Crippen LogP contribution in [-0.4, -0.2) is 42.6 Å². The number of halogens is 3. The van der Waals surface area contributed by atoms with E-state index in [9.17, 15) is 22.8 Å². The van der Waals surface area contributed by atoms with Crippen molar-refractivity contribution in [2.75, 3.05) is 0 Å². The van der Waals surface area contributed by atoms with E-state index in [1.807, 2.05) is 24.3 Å². The van der Waals surface area contributed by atoms with Gasteiger partial charge in [0.05, 0.1) is 17.8 Å². The molecule has 164 valence electrons. The van der Waals surface area contributed by atoms with Crippen LogP contribution in [0.15, 0.2) is 48.5 Å². The summed E-state index contributed by atoms with van der Waals surface area (Å²) in [4.78, 5) is 27.0. The molecule has 1 aromatic heterocycles. The molecule has 0 radical (unpaired) electrons. The van der Waals surface area contributed by atoms with E-state index < -0.39 is 23.3 Å². The van der Waals surface area contributed by atoms with Gasteiger partial charge in [0, 0.05) is 6.42 Å². The van der Waals surface area contributed by atoms with Crippen LogP contribution in [0, 0.1) is 0 Å². The number of imide groups is 1. The van der Waals surface area contributed by atoms with E-state index in [1.54, 1.807) is 0 Å². The molecular weight excluding hydrogens is 425 g/mol. The van der Waals surface area contributed by atoms with E-state index in [2.05, 4.69) is 20.8 Å². The van der Waals surface area contributed by atoms with Gasteiger partial charge in [-0.25, -0.2) is 4.79 Å². The summed E-state index contributed by atoms with van der Waals surface area (Å²) in [6.45, 7) is -0.206. The third-order valence-corrected chi connectivity index (χ3v) is 5.95. The van der Waals surface area contributed by atoms with Crippen LogP contribution in [-0.2, 0) is 30.4 Å². The van der Waals surface area contributed by atoms with Gasteiger partial charge in [-0.3, -0.25) is 9.69 Å². The number of tetrazole rings is 1. The number of hydrogen-bond acceptors (Lipinski definition) is 5. The average Bonchev–Trinajstić information content (AvgIpc) is 3.32. The maximum absolute atomic E-state index is 13.3. The zero-order chi connectivity index (χ0) is 22.5. The lowest BCUT2D eigenvalue weighted by Gasteiger charge is -2.32. The number of nitrogens with zero attached hydrogens (tertiary/aromatic N) is 5. The van der Waals surface area contributed by atoms with Crippen LogP contribution >= 0.6 is 0 Å². The van der Waals surface area contributed by atoms with Gasteiger partial charge < -0.3 is 5.32 Å². The Morgan fingerprint density at radius 3 is 2.47 bits per heavy atom. The average molecular weight is 442 g/mol. The Hall–Kier alpha value is -3.76. The third-order valence-electron chi connectivity index (χ3n) is 5.95. The number of carbonyl (C=O) groups excluding carboxylic acids is 2. The number of amides is 3. The van der Waals surface area contributed by atoms with Gasteiger partial charge in [0.2, 0.25) is 0 Å². The normalized spacial score (nSPS) is 20.5. The first kappa shape index (κ1) is 20.2. The molecule has 1 aliphatic carbocycles. The summed E-state index contributed by atoms with van der Waals surface area (Å²) in [6, 6.07) is 11.6. The Morgan fingerprint density at radius 2 is 1.75 bits per heavy atom. The minimum atomic E-state index is -4.46. The second-order valence-corrected chi connectivity index (χ2v) is 7.90. The molecule has 2 heterocycles. The molecule has 1 spiro atoms. The largest absolute Gasteiger partial charge is 0.416 e. The molecule has 1 aliphatic heterocycles. The van der Waals surface area contributed by atoms with E-state index in [0.717, 1.165) is 28.2 Å². The molecule has 0 bridgehead atoms. The summed E-state index contributed by atoms with van der Waals surface area (Å²) < 4.78 is 39.7. The Kier molecular flexibility index (Phi) is 4.50. The number of nitrogens with one attached hydrogen (secondary N) is 1. The topological polar surface area (TPSA) is 93.0 Å². The fraction of sp³-hybridized carbons (Fsp3) is 0.286. The standard InChI is InChI=1S/C21H17F3N6O2/c22-21(23,24)15-5-7-16(8-6-15)30-17(26-27-28-30)12-29-18(31)20(25-19(29)32)10-9-13-3-1-2-4-14(13)11-20/h1-8H,9-12H2,(H,25,32). The molecule has 11 heteroatoms. The van der Waals surface area contributed by atoms with E-state index in [-0.39, 0.29) is 24.0 Å². The molecule has 32 heavy (non-hydrogen) atoms. The van der Waals surface area contributed by atoms with Crippen molar-refractivity contribution in [3.8, 4) is 5.69 Å². The predicted octanol–water partition coefficient (Wildman–Crippen LogP) is 2.66.